The first-order valence-electron chi connectivity index (χ1n) is 5.74. The smallest absolute Gasteiger partial charge is 0.248 e. The number of aromatic nitrogens is 2. The molecular formula is C11H18N4O2. The molecule has 0 aromatic carbocycles. The molecule has 0 saturated carbocycles. The molecule has 1 aromatic rings. The van der Waals surface area contributed by atoms with Crippen molar-refractivity contribution in [1.29, 1.82) is 0 Å². The number of rotatable bonds is 3. The zero-order valence-electron chi connectivity index (χ0n) is 10.1. The van der Waals surface area contributed by atoms with Crippen molar-refractivity contribution in [2.24, 2.45) is 5.73 Å². The summed E-state index contributed by atoms with van der Waals surface area (Å²) in [5.41, 5.74) is 5.07. The van der Waals surface area contributed by atoms with Gasteiger partial charge in [0.15, 0.2) is 0 Å². The molecule has 6 heteroatoms. The minimum absolute atomic E-state index is 0.189. The second-order valence-corrected chi connectivity index (χ2v) is 4.67. The molecule has 2 heterocycles. The summed E-state index contributed by atoms with van der Waals surface area (Å²) in [6, 6.07) is 1.95. The van der Waals surface area contributed by atoms with Gasteiger partial charge in [-0.15, -0.1) is 0 Å². The lowest BCUT2D eigenvalue weighted by Crippen LogP contribution is -2.51. The molecule has 1 aromatic heterocycles. The number of amides is 1. The maximum atomic E-state index is 12.1. The number of carbonyl (C=O) groups excluding carboxylic acids is 1. The molecule has 2 rings (SSSR count). The number of ether oxygens (including phenoxy) is 1. The molecular weight excluding hydrogens is 220 g/mol. The SMILES string of the molecule is CC(C)n1nccc1NC(=O)C1(N)CCOC1. The van der Waals surface area contributed by atoms with Gasteiger partial charge in [-0.05, 0) is 20.3 Å². The lowest BCUT2D eigenvalue weighted by Gasteiger charge is -2.21. The molecule has 1 atom stereocenters. The van der Waals surface area contributed by atoms with Gasteiger partial charge in [0.1, 0.15) is 11.4 Å². The third-order valence-corrected chi connectivity index (χ3v) is 2.91. The minimum atomic E-state index is -0.911. The van der Waals surface area contributed by atoms with Gasteiger partial charge in [0.2, 0.25) is 5.91 Å². The van der Waals surface area contributed by atoms with Gasteiger partial charge in [0.05, 0.1) is 12.8 Å². The zero-order chi connectivity index (χ0) is 12.5. The molecule has 94 valence electrons. The van der Waals surface area contributed by atoms with Crippen molar-refractivity contribution < 1.29 is 9.53 Å². The Morgan fingerprint density at radius 3 is 3.06 bits per heavy atom. The molecule has 0 spiro atoms. The number of hydrogen-bond acceptors (Lipinski definition) is 4. The van der Waals surface area contributed by atoms with Crippen LogP contribution in [0.1, 0.15) is 26.3 Å². The van der Waals surface area contributed by atoms with Gasteiger partial charge in [-0.2, -0.15) is 5.10 Å². The van der Waals surface area contributed by atoms with Crippen LogP contribution in [0.5, 0.6) is 0 Å². The first-order valence-corrected chi connectivity index (χ1v) is 5.74. The third kappa shape index (κ3) is 2.32. The normalized spacial score (nSPS) is 24.2. The minimum Gasteiger partial charge on any atom is -0.379 e. The summed E-state index contributed by atoms with van der Waals surface area (Å²) in [4.78, 5) is 12.1. The molecule has 0 bridgehead atoms. The summed E-state index contributed by atoms with van der Waals surface area (Å²) in [5, 5.41) is 6.96. The van der Waals surface area contributed by atoms with Gasteiger partial charge in [-0.3, -0.25) is 4.79 Å². The topological polar surface area (TPSA) is 82.2 Å². The molecule has 3 N–H and O–H groups in total. The fourth-order valence-electron chi connectivity index (χ4n) is 1.83. The van der Waals surface area contributed by atoms with Crippen LogP contribution in [0.25, 0.3) is 0 Å². The molecule has 1 aliphatic rings. The van der Waals surface area contributed by atoms with Crippen molar-refractivity contribution in [3.05, 3.63) is 12.3 Å². The van der Waals surface area contributed by atoms with E-state index in [4.69, 9.17) is 10.5 Å². The monoisotopic (exact) mass is 238 g/mol. The Labute approximate surface area is 100 Å². The molecule has 1 fully saturated rings. The molecule has 0 radical (unpaired) electrons. The summed E-state index contributed by atoms with van der Waals surface area (Å²) in [7, 11) is 0. The van der Waals surface area contributed by atoms with E-state index in [2.05, 4.69) is 10.4 Å². The maximum absolute atomic E-state index is 12.1. The van der Waals surface area contributed by atoms with Gasteiger partial charge >= 0.3 is 0 Å². The lowest BCUT2D eigenvalue weighted by atomic mass is 9.99. The predicted molar refractivity (Wildman–Crippen MR) is 63.6 cm³/mol. The van der Waals surface area contributed by atoms with Crippen LogP contribution in [-0.4, -0.2) is 34.4 Å². The molecule has 1 saturated heterocycles. The quantitative estimate of drug-likeness (QED) is 0.804. The van der Waals surface area contributed by atoms with E-state index in [1.54, 1.807) is 16.9 Å². The van der Waals surface area contributed by atoms with Gasteiger partial charge < -0.3 is 15.8 Å². The average molecular weight is 238 g/mol. The molecule has 1 aliphatic heterocycles. The summed E-state index contributed by atoms with van der Waals surface area (Å²) in [6.45, 7) is 4.81. The predicted octanol–water partition coefficient (Wildman–Crippen LogP) is 0.520. The highest BCUT2D eigenvalue weighted by atomic mass is 16.5. The van der Waals surface area contributed by atoms with Crippen LogP contribution in [0.4, 0.5) is 5.82 Å². The lowest BCUT2D eigenvalue weighted by molar-refractivity contribution is -0.121. The number of nitrogens with zero attached hydrogens (tertiary/aromatic N) is 2. The fourth-order valence-corrected chi connectivity index (χ4v) is 1.83. The van der Waals surface area contributed by atoms with Crippen molar-refractivity contribution >= 4 is 11.7 Å². The van der Waals surface area contributed by atoms with E-state index in [0.29, 0.717) is 18.8 Å². The van der Waals surface area contributed by atoms with Crippen LogP contribution < -0.4 is 11.1 Å². The molecule has 17 heavy (non-hydrogen) atoms. The molecule has 6 nitrogen and oxygen atoms in total. The van der Waals surface area contributed by atoms with Crippen LogP contribution in [0.3, 0.4) is 0 Å². The summed E-state index contributed by atoms with van der Waals surface area (Å²) in [5.74, 6) is 0.458. The highest BCUT2D eigenvalue weighted by molar-refractivity contribution is 5.97. The Hall–Kier alpha value is -1.40. The Balaban J connectivity index is 2.10. The van der Waals surface area contributed by atoms with Crippen molar-refractivity contribution in [2.75, 3.05) is 18.5 Å². The molecule has 0 aliphatic carbocycles. The van der Waals surface area contributed by atoms with E-state index in [-0.39, 0.29) is 18.6 Å². The van der Waals surface area contributed by atoms with E-state index in [9.17, 15) is 4.79 Å². The van der Waals surface area contributed by atoms with E-state index < -0.39 is 5.54 Å². The van der Waals surface area contributed by atoms with Crippen LogP contribution in [-0.2, 0) is 9.53 Å². The summed E-state index contributed by atoms with van der Waals surface area (Å²) < 4.78 is 6.92. The van der Waals surface area contributed by atoms with Crippen molar-refractivity contribution in [1.82, 2.24) is 9.78 Å². The Kier molecular flexibility index (Phi) is 3.17. The highest BCUT2D eigenvalue weighted by Gasteiger charge is 2.38. The van der Waals surface area contributed by atoms with Gasteiger partial charge in [-0.25, -0.2) is 4.68 Å². The number of carbonyl (C=O) groups is 1. The second-order valence-electron chi connectivity index (χ2n) is 4.67. The van der Waals surface area contributed by atoms with Crippen molar-refractivity contribution in [2.45, 2.75) is 31.8 Å². The zero-order valence-corrected chi connectivity index (χ0v) is 10.1. The molecule has 1 unspecified atom stereocenters. The standard InChI is InChI=1S/C11H18N4O2/c1-8(2)15-9(3-5-13-15)14-10(16)11(12)4-6-17-7-11/h3,5,8H,4,6-7,12H2,1-2H3,(H,14,16). The van der Waals surface area contributed by atoms with Crippen molar-refractivity contribution in [3.63, 3.8) is 0 Å². The van der Waals surface area contributed by atoms with Crippen LogP contribution >= 0.6 is 0 Å². The average Bonchev–Trinajstić information content (AvgIpc) is 2.87. The third-order valence-electron chi connectivity index (χ3n) is 2.91. The fraction of sp³-hybridized carbons (Fsp3) is 0.636. The van der Waals surface area contributed by atoms with E-state index in [1.807, 2.05) is 13.8 Å². The largest absolute Gasteiger partial charge is 0.379 e. The number of nitrogens with one attached hydrogen (secondary N) is 1. The summed E-state index contributed by atoms with van der Waals surface area (Å²) in [6.07, 6.45) is 2.21. The van der Waals surface area contributed by atoms with Crippen molar-refractivity contribution in [3.8, 4) is 0 Å². The van der Waals surface area contributed by atoms with E-state index >= 15 is 0 Å². The Morgan fingerprint density at radius 2 is 2.47 bits per heavy atom. The Morgan fingerprint density at radius 1 is 1.71 bits per heavy atom. The van der Waals surface area contributed by atoms with Crippen LogP contribution in [0.2, 0.25) is 0 Å². The van der Waals surface area contributed by atoms with Gasteiger partial charge in [0, 0.05) is 18.7 Å². The number of hydrogen-bond donors (Lipinski definition) is 2. The maximum Gasteiger partial charge on any atom is 0.248 e. The van der Waals surface area contributed by atoms with Crippen LogP contribution in [0, 0.1) is 0 Å². The van der Waals surface area contributed by atoms with Gasteiger partial charge in [-0.1, -0.05) is 0 Å². The van der Waals surface area contributed by atoms with E-state index in [0.717, 1.165) is 0 Å². The molecule has 1 amide bonds. The van der Waals surface area contributed by atoms with Gasteiger partial charge in [0.25, 0.3) is 0 Å². The highest BCUT2D eigenvalue weighted by Crippen LogP contribution is 2.19. The first kappa shape index (κ1) is 12.1. The van der Waals surface area contributed by atoms with E-state index in [1.165, 1.54) is 0 Å². The number of anilines is 1. The second kappa shape index (κ2) is 4.46. The first-order chi connectivity index (χ1) is 8.03. The Bertz CT molecular complexity index is 407. The summed E-state index contributed by atoms with van der Waals surface area (Å²) >= 11 is 0. The number of nitrogens with two attached hydrogens (primary N) is 1. The van der Waals surface area contributed by atoms with Crippen LogP contribution in [0.15, 0.2) is 12.3 Å².